The fourth-order valence-corrected chi connectivity index (χ4v) is 6.19. The minimum atomic E-state index is -0.929. The standard InChI is InChI=1S/C29H42N4O6/c1-2-3-13-31(14-5-4-12-30)27(36)19-32-18-22(20-6-7-24-21(17-20)11-16-39-24)28(29(37)38)23(32)10-15-33-25(34)8-9-26(33)35/h6-7,17,22-23,28H,2-5,8-16,18-19,30H2,1H3,(H,37,38). The number of nitrogens with two attached hydrogens (primary N) is 1. The minimum absolute atomic E-state index is 0.0223. The normalized spacial score (nSPS) is 22.8. The van der Waals surface area contributed by atoms with E-state index in [1.165, 1.54) is 4.90 Å². The van der Waals surface area contributed by atoms with Gasteiger partial charge in [-0.2, -0.15) is 0 Å². The molecular formula is C29H42N4O6. The summed E-state index contributed by atoms with van der Waals surface area (Å²) in [4.78, 5) is 55.9. The number of hydrogen-bond acceptors (Lipinski definition) is 7. The molecular weight excluding hydrogens is 500 g/mol. The highest BCUT2D eigenvalue weighted by atomic mass is 16.5. The van der Waals surface area contributed by atoms with Crippen LogP contribution in [0.5, 0.6) is 5.75 Å². The zero-order valence-corrected chi connectivity index (χ0v) is 23.0. The Kier molecular flexibility index (Phi) is 9.96. The largest absolute Gasteiger partial charge is 0.493 e. The van der Waals surface area contributed by atoms with Crippen molar-refractivity contribution >= 4 is 23.7 Å². The Balaban J connectivity index is 1.58. The Morgan fingerprint density at radius 2 is 1.85 bits per heavy atom. The van der Waals surface area contributed by atoms with Crippen LogP contribution in [-0.4, -0.2) is 95.4 Å². The molecule has 0 spiro atoms. The van der Waals surface area contributed by atoms with Crippen LogP contribution in [0.15, 0.2) is 18.2 Å². The highest BCUT2D eigenvalue weighted by Gasteiger charge is 2.47. The fraction of sp³-hybridized carbons (Fsp3) is 0.655. The summed E-state index contributed by atoms with van der Waals surface area (Å²) in [5.74, 6) is -1.64. The molecule has 3 unspecified atom stereocenters. The monoisotopic (exact) mass is 542 g/mol. The molecule has 4 rings (SSSR count). The van der Waals surface area contributed by atoms with Gasteiger partial charge in [-0.3, -0.25) is 29.0 Å². The van der Waals surface area contributed by atoms with Gasteiger partial charge in [0, 0.05) is 57.4 Å². The molecule has 10 heteroatoms. The maximum absolute atomic E-state index is 13.6. The third-order valence-electron chi connectivity index (χ3n) is 8.33. The molecule has 0 aromatic heterocycles. The highest BCUT2D eigenvalue weighted by Crippen LogP contribution is 2.41. The zero-order chi connectivity index (χ0) is 27.9. The maximum atomic E-state index is 13.6. The van der Waals surface area contributed by atoms with Crippen LogP contribution >= 0.6 is 0 Å². The van der Waals surface area contributed by atoms with E-state index in [-0.39, 0.29) is 49.6 Å². The van der Waals surface area contributed by atoms with Crippen molar-refractivity contribution in [2.75, 3.05) is 45.9 Å². The number of aliphatic carboxylic acids is 1. The van der Waals surface area contributed by atoms with E-state index >= 15 is 0 Å². The van der Waals surface area contributed by atoms with Crippen LogP contribution in [0.25, 0.3) is 0 Å². The second kappa shape index (κ2) is 13.4. The van der Waals surface area contributed by atoms with Gasteiger partial charge in [0.25, 0.3) is 0 Å². The summed E-state index contributed by atoms with van der Waals surface area (Å²) >= 11 is 0. The van der Waals surface area contributed by atoms with E-state index in [1.54, 1.807) is 0 Å². The second-order valence-corrected chi connectivity index (χ2v) is 10.9. The lowest BCUT2D eigenvalue weighted by Gasteiger charge is -2.30. The van der Waals surface area contributed by atoms with Crippen LogP contribution in [0.1, 0.15) is 68.9 Å². The lowest BCUT2D eigenvalue weighted by Crippen LogP contribution is -2.46. The molecule has 39 heavy (non-hydrogen) atoms. The second-order valence-electron chi connectivity index (χ2n) is 10.9. The van der Waals surface area contributed by atoms with Gasteiger partial charge in [-0.05, 0) is 49.4 Å². The number of unbranched alkanes of at least 4 members (excludes halogenated alkanes) is 2. The van der Waals surface area contributed by atoms with E-state index < -0.39 is 17.9 Å². The number of carboxylic acids is 1. The summed E-state index contributed by atoms with van der Waals surface area (Å²) in [6.07, 6.45) is 5.02. The summed E-state index contributed by atoms with van der Waals surface area (Å²) in [5, 5.41) is 10.4. The molecule has 214 valence electrons. The van der Waals surface area contributed by atoms with Gasteiger partial charge in [0.1, 0.15) is 5.75 Å². The lowest BCUT2D eigenvalue weighted by molar-refractivity contribution is -0.144. The van der Waals surface area contributed by atoms with Crippen molar-refractivity contribution in [3.63, 3.8) is 0 Å². The van der Waals surface area contributed by atoms with E-state index in [4.69, 9.17) is 10.5 Å². The number of nitrogens with zero attached hydrogens (tertiary/aromatic N) is 3. The topological polar surface area (TPSA) is 133 Å². The molecule has 3 atom stereocenters. The van der Waals surface area contributed by atoms with Gasteiger partial charge >= 0.3 is 5.97 Å². The summed E-state index contributed by atoms with van der Waals surface area (Å²) in [6, 6.07) is 5.39. The number of fused-ring (bicyclic) bond motifs is 1. The van der Waals surface area contributed by atoms with E-state index in [0.29, 0.717) is 39.2 Å². The first-order chi connectivity index (χ1) is 18.8. The molecule has 2 saturated heterocycles. The average Bonchev–Trinajstić information content (AvgIpc) is 3.61. The van der Waals surface area contributed by atoms with E-state index in [1.807, 2.05) is 28.0 Å². The number of rotatable bonds is 14. The van der Waals surface area contributed by atoms with Gasteiger partial charge < -0.3 is 20.5 Å². The van der Waals surface area contributed by atoms with Crippen molar-refractivity contribution in [2.24, 2.45) is 11.7 Å². The highest BCUT2D eigenvalue weighted by molar-refractivity contribution is 6.01. The van der Waals surface area contributed by atoms with Crippen molar-refractivity contribution in [1.82, 2.24) is 14.7 Å². The smallest absolute Gasteiger partial charge is 0.308 e. The molecule has 2 fully saturated rings. The molecule has 3 aliphatic heterocycles. The lowest BCUT2D eigenvalue weighted by atomic mass is 9.83. The Bertz CT molecular complexity index is 1050. The predicted molar refractivity (Wildman–Crippen MR) is 145 cm³/mol. The number of carbonyl (C=O) groups is 4. The van der Waals surface area contributed by atoms with Gasteiger partial charge in [0.05, 0.1) is 19.1 Å². The van der Waals surface area contributed by atoms with Crippen LogP contribution in [0, 0.1) is 5.92 Å². The zero-order valence-electron chi connectivity index (χ0n) is 23.0. The molecule has 0 saturated carbocycles. The average molecular weight is 543 g/mol. The number of imide groups is 1. The summed E-state index contributed by atoms with van der Waals surface area (Å²) in [7, 11) is 0. The van der Waals surface area contributed by atoms with Crippen LogP contribution in [0.3, 0.4) is 0 Å². The number of amides is 3. The predicted octanol–water partition coefficient (Wildman–Crippen LogP) is 2.00. The molecule has 0 bridgehead atoms. The van der Waals surface area contributed by atoms with Gasteiger partial charge in [-0.25, -0.2) is 0 Å². The van der Waals surface area contributed by atoms with Crippen molar-refractivity contribution in [3.8, 4) is 5.75 Å². The number of likely N-dealkylation sites (tertiary alicyclic amines) is 2. The van der Waals surface area contributed by atoms with E-state index in [9.17, 15) is 24.3 Å². The van der Waals surface area contributed by atoms with Crippen molar-refractivity contribution in [2.45, 2.75) is 70.3 Å². The van der Waals surface area contributed by atoms with Crippen LogP contribution < -0.4 is 10.5 Å². The van der Waals surface area contributed by atoms with Crippen LogP contribution in [0.2, 0.25) is 0 Å². The minimum Gasteiger partial charge on any atom is -0.493 e. The first-order valence-corrected chi connectivity index (χ1v) is 14.4. The molecule has 3 N–H and O–H groups in total. The molecule has 0 radical (unpaired) electrons. The quantitative estimate of drug-likeness (QED) is 0.269. The molecule has 3 aliphatic rings. The molecule has 3 amide bonds. The Morgan fingerprint density at radius 3 is 2.54 bits per heavy atom. The van der Waals surface area contributed by atoms with Crippen LogP contribution in [0.4, 0.5) is 0 Å². The number of benzene rings is 1. The number of hydrogen-bond donors (Lipinski definition) is 2. The van der Waals surface area contributed by atoms with Gasteiger partial charge in [0.2, 0.25) is 17.7 Å². The molecule has 0 aliphatic carbocycles. The summed E-state index contributed by atoms with van der Waals surface area (Å²) in [5.41, 5.74) is 7.66. The van der Waals surface area contributed by atoms with Gasteiger partial charge in [-0.1, -0.05) is 25.5 Å². The maximum Gasteiger partial charge on any atom is 0.308 e. The molecule has 10 nitrogen and oxygen atoms in total. The molecule has 1 aromatic rings. The summed E-state index contributed by atoms with van der Waals surface area (Å²) < 4.78 is 5.65. The molecule has 1 aromatic carbocycles. The SMILES string of the molecule is CCCCN(CCCCN)C(=O)CN1CC(c2ccc3c(c2)CCO3)C(C(=O)O)C1CCN1C(=O)CCC1=O. The van der Waals surface area contributed by atoms with Crippen molar-refractivity contribution in [1.29, 1.82) is 0 Å². The first kappa shape index (κ1) is 29.0. The number of ether oxygens (including phenoxy) is 1. The van der Waals surface area contributed by atoms with Gasteiger partial charge in [0.15, 0.2) is 0 Å². The van der Waals surface area contributed by atoms with E-state index in [2.05, 4.69) is 6.92 Å². The Labute approximate surface area is 230 Å². The van der Waals surface area contributed by atoms with Crippen LogP contribution in [-0.2, 0) is 25.6 Å². The third kappa shape index (κ3) is 6.78. The fourth-order valence-electron chi connectivity index (χ4n) is 6.19. The first-order valence-electron chi connectivity index (χ1n) is 14.4. The molecule has 3 heterocycles. The van der Waals surface area contributed by atoms with Gasteiger partial charge in [-0.15, -0.1) is 0 Å². The van der Waals surface area contributed by atoms with Crippen molar-refractivity contribution < 1.29 is 29.0 Å². The van der Waals surface area contributed by atoms with Crippen molar-refractivity contribution in [3.05, 3.63) is 29.3 Å². The third-order valence-corrected chi connectivity index (χ3v) is 8.33. The number of carboxylic acid groups (broad SMARTS) is 1. The van der Waals surface area contributed by atoms with E-state index in [0.717, 1.165) is 49.0 Å². The Morgan fingerprint density at radius 1 is 1.10 bits per heavy atom. The summed E-state index contributed by atoms with van der Waals surface area (Å²) in [6.45, 7) is 5.25. The Hall–Kier alpha value is -2.98. The number of carbonyl (C=O) groups excluding carboxylic acids is 3.